The number of aryl methyl sites for hydroxylation is 1. The van der Waals surface area contributed by atoms with E-state index in [1.807, 2.05) is 0 Å². The summed E-state index contributed by atoms with van der Waals surface area (Å²) < 4.78 is 43.2. The fourth-order valence-corrected chi connectivity index (χ4v) is 2.94. The van der Waals surface area contributed by atoms with E-state index < -0.39 is 11.6 Å². The quantitative estimate of drug-likeness (QED) is 0.626. The number of halogens is 2. The molecule has 1 saturated heterocycles. The molecule has 1 unspecified atom stereocenters. The highest BCUT2D eigenvalue weighted by molar-refractivity contribution is 5.76. The van der Waals surface area contributed by atoms with Crippen molar-refractivity contribution in [2.24, 2.45) is 0 Å². The Morgan fingerprint density at radius 1 is 1.36 bits per heavy atom. The van der Waals surface area contributed by atoms with Gasteiger partial charge in [0.05, 0.1) is 24.5 Å². The lowest BCUT2D eigenvalue weighted by atomic mass is 10.2. The smallest absolute Gasteiger partial charge is 0.220 e. The molecular weight excluding hydrogens is 370 g/mol. The average Bonchev–Trinajstić information content (AvgIpc) is 3.35. The van der Waals surface area contributed by atoms with Crippen LogP contribution in [0, 0.1) is 11.6 Å². The molecular formula is C20H24F2N2O4. The molecule has 2 aromatic rings. The fraction of sp³-hybridized carbons (Fsp3) is 0.500. The number of nitrogens with one attached hydrogen (secondary N) is 1. The predicted molar refractivity (Wildman–Crippen MR) is 97.6 cm³/mol. The molecule has 0 bridgehead atoms. The normalized spacial score (nSPS) is 16.4. The minimum Gasteiger partial charge on any atom is -0.441 e. The summed E-state index contributed by atoms with van der Waals surface area (Å²) in [5.41, 5.74) is 0.132. The summed E-state index contributed by atoms with van der Waals surface area (Å²) >= 11 is 0. The Morgan fingerprint density at radius 2 is 2.25 bits per heavy atom. The lowest BCUT2D eigenvalue weighted by molar-refractivity contribution is -0.121. The molecule has 1 fully saturated rings. The molecule has 3 rings (SSSR count). The van der Waals surface area contributed by atoms with Crippen LogP contribution >= 0.6 is 0 Å². The molecule has 1 aliphatic rings. The second-order valence-electron chi connectivity index (χ2n) is 6.66. The van der Waals surface area contributed by atoms with Gasteiger partial charge < -0.3 is 19.2 Å². The SMILES string of the molecule is O=C(CCc1ncc(-c2ccc(F)cc2F)o1)NCCCOCC1CCCO1. The average molecular weight is 394 g/mol. The maximum absolute atomic E-state index is 13.8. The van der Waals surface area contributed by atoms with E-state index in [0.29, 0.717) is 32.1 Å². The van der Waals surface area contributed by atoms with Gasteiger partial charge in [0.25, 0.3) is 0 Å². The minimum absolute atomic E-state index is 0.119. The van der Waals surface area contributed by atoms with Crippen molar-refractivity contribution in [3.63, 3.8) is 0 Å². The van der Waals surface area contributed by atoms with Gasteiger partial charge in [0, 0.05) is 38.7 Å². The summed E-state index contributed by atoms with van der Waals surface area (Å²) in [4.78, 5) is 15.9. The van der Waals surface area contributed by atoms with Gasteiger partial charge in [-0.3, -0.25) is 4.79 Å². The molecule has 6 nitrogen and oxygen atoms in total. The molecule has 2 heterocycles. The Balaban J connectivity index is 1.32. The van der Waals surface area contributed by atoms with Crippen LogP contribution in [0.2, 0.25) is 0 Å². The first-order valence-corrected chi connectivity index (χ1v) is 9.48. The molecule has 0 spiro atoms. The van der Waals surface area contributed by atoms with E-state index in [1.54, 1.807) is 0 Å². The number of carbonyl (C=O) groups excluding carboxylic acids is 1. The molecule has 0 radical (unpaired) electrons. The number of amides is 1. The van der Waals surface area contributed by atoms with Crippen molar-refractivity contribution in [3.05, 3.63) is 41.9 Å². The lowest BCUT2D eigenvalue weighted by Crippen LogP contribution is -2.26. The van der Waals surface area contributed by atoms with Crippen molar-refractivity contribution < 1.29 is 27.5 Å². The van der Waals surface area contributed by atoms with Gasteiger partial charge >= 0.3 is 0 Å². The van der Waals surface area contributed by atoms with Crippen molar-refractivity contribution in [1.29, 1.82) is 0 Å². The van der Waals surface area contributed by atoms with Crippen LogP contribution in [0.15, 0.2) is 28.8 Å². The van der Waals surface area contributed by atoms with E-state index in [1.165, 1.54) is 12.3 Å². The van der Waals surface area contributed by atoms with Gasteiger partial charge in [-0.2, -0.15) is 0 Å². The number of benzene rings is 1. The van der Waals surface area contributed by atoms with E-state index in [-0.39, 0.29) is 29.8 Å². The summed E-state index contributed by atoms with van der Waals surface area (Å²) in [6.45, 7) is 2.53. The largest absolute Gasteiger partial charge is 0.441 e. The number of ether oxygens (including phenoxy) is 2. The zero-order valence-electron chi connectivity index (χ0n) is 15.6. The summed E-state index contributed by atoms with van der Waals surface area (Å²) in [5, 5.41) is 2.81. The second kappa shape index (κ2) is 10.3. The van der Waals surface area contributed by atoms with Crippen LogP contribution in [-0.2, 0) is 20.7 Å². The molecule has 28 heavy (non-hydrogen) atoms. The highest BCUT2D eigenvalue weighted by atomic mass is 19.1. The summed E-state index contributed by atoms with van der Waals surface area (Å²) in [6.07, 6.45) is 4.96. The zero-order chi connectivity index (χ0) is 19.8. The van der Waals surface area contributed by atoms with E-state index >= 15 is 0 Å². The van der Waals surface area contributed by atoms with Gasteiger partial charge in [-0.05, 0) is 31.4 Å². The molecule has 152 valence electrons. The molecule has 1 atom stereocenters. The Kier molecular flexibility index (Phi) is 7.50. The van der Waals surface area contributed by atoms with Gasteiger partial charge in [0.1, 0.15) is 11.6 Å². The van der Waals surface area contributed by atoms with Crippen molar-refractivity contribution in [2.45, 2.75) is 38.2 Å². The third kappa shape index (κ3) is 6.10. The molecule has 8 heteroatoms. The number of hydrogen-bond acceptors (Lipinski definition) is 5. The molecule has 1 aromatic heterocycles. The van der Waals surface area contributed by atoms with Crippen LogP contribution in [0.25, 0.3) is 11.3 Å². The summed E-state index contributed by atoms with van der Waals surface area (Å²) in [7, 11) is 0. The van der Waals surface area contributed by atoms with Crippen LogP contribution < -0.4 is 5.32 Å². The van der Waals surface area contributed by atoms with E-state index in [9.17, 15) is 13.6 Å². The van der Waals surface area contributed by atoms with E-state index in [0.717, 1.165) is 38.0 Å². The molecule has 1 aliphatic heterocycles. The first-order chi connectivity index (χ1) is 13.6. The zero-order valence-corrected chi connectivity index (χ0v) is 15.6. The minimum atomic E-state index is -0.720. The summed E-state index contributed by atoms with van der Waals surface area (Å²) in [6, 6.07) is 3.23. The van der Waals surface area contributed by atoms with Gasteiger partial charge in [0.15, 0.2) is 11.7 Å². The van der Waals surface area contributed by atoms with Crippen molar-refractivity contribution in [1.82, 2.24) is 10.3 Å². The monoisotopic (exact) mass is 394 g/mol. The Hall–Kier alpha value is -2.32. The molecule has 0 saturated carbocycles. The number of hydrogen-bond donors (Lipinski definition) is 1. The third-order valence-electron chi connectivity index (χ3n) is 4.43. The third-order valence-corrected chi connectivity index (χ3v) is 4.43. The summed E-state index contributed by atoms with van der Waals surface area (Å²) in [5.74, 6) is -0.964. The van der Waals surface area contributed by atoms with Crippen LogP contribution in [0.5, 0.6) is 0 Å². The van der Waals surface area contributed by atoms with Gasteiger partial charge in [0.2, 0.25) is 5.91 Å². The Morgan fingerprint density at radius 3 is 3.04 bits per heavy atom. The van der Waals surface area contributed by atoms with Gasteiger partial charge in [-0.15, -0.1) is 0 Å². The van der Waals surface area contributed by atoms with Crippen molar-refractivity contribution >= 4 is 5.91 Å². The number of aromatic nitrogens is 1. The Labute approximate surface area is 162 Å². The first kappa shape index (κ1) is 20.4. The van der Waals surface area contributed by atoms with Gasteiger partial charge in [-0.25, -0.2) is 13.8 Å². The van der Waals surface area contributed by atoms with E-state index in [4.69, 9.17) is 13.9 Å². The topological polar surface area (TPSA) is 73.6 Å². The predicted octanol–water partition coefficient (Wildman–Crippen LogP) is 3.25. The molecule has 1 aromatic carbocycles. The molecule has 1 N–H and O–H groups in total. The van der Waals surface area contributed by atoms with Crippen LogP contribution in [-0.4, -0.2) is 43.4 Å². The van der Waals surface area contributed by atoms with Gasteiger partial charge in [-0.1, -0.05) is 0 Å². The molecule has 0 aliphatic carbocycles. The number of nitrogens with zero attached hydrogens (tertiary/aromatic N) is 1. The molecule has 1 amide bonds. The lowest BCUT2D eigenvalue weighted by Gasteiger charge is -2.10. The maximum Gasteiger partial charge on any atom is 0.220 e. The van der Waals surface area contributed by atoms with Crippen LogP contribution in [0.4, 0.5) is 8.78 Å². The second-order valence-corrected chi connectivity index (χ2v) is 6.66. The van der Waals surface area contributed by atoms with E-state index in [2.05, 4.69) is 10.3 Å². The fourth-order valence-electron chi connectivity index (χ4n) is 2.94. The number of carbonyl (C=O) groups is 1. The first-order valence-electron chi connectivity index (χ1n) is 9.48. The standard InChI is InChI=1S/C20H24F2N2O4/c21-14-4-5-16(17(22)11-14)18-12-24-20(28-18)7-6-19(25)23-8-2-9-26-13-15-3-1-10-27-15/h4-5,11-12,15H,1-3,6-10,13H2,(H,23,25). The van der Waals surface area contributed by atoms with Crippen molar-refractivity contribution in [3.8, 4) is 11.3 Å². The number of rotatable bonds is 10. The highest BCUT2D eigenvalue weighted by Crippen LogP contribution is 2.24. The van der Waals surface area contributed by atoms with Crippen molar-refractivity contribution in [2.75, 3.05) is 26.4 Å². The Bertz CT molecular complexity index is 775. The van der Waals surface area contributed by atoms with Crippen LogP contribution in [0.3, 0.4) is 0 Å². The van der Waals surface area contributed by atoms with Crippen LogP contribution in [0.1, 0.15) is 31.6 Å². The maximum atomic E-state index is 13.8. The number of oxazole rings is 1. The highest BCUT2D eigenvalue weighted by Gasteiger charge is 2.15.